The molecule has 240 valence electrons. The molecule has 0 spiro atoms. The molecule has 3 atom stereocenters. The minimum atomic E-state index is -3.30. The van der Waals surface area contributed by atoms with Gasteiger partial charge in [0.1, 0.15) is 6.04 Å². The Kier molecular flexibility index (Phi) is 11.4. The lowest BCUT2D eigenvalue weighted by molar-refractivity contribution is -0.138. The molecule has 2 aliphatic heterocycles. The molecular weight excluding hydrogens is 598 g/mol. The lowest BCUT2D eigenvalue weighted by atomic mass is 9.84. The second kappa shape index (κ2) is 15.2. The fourth-order valence-electron chi connectivity index (χ4n) is 7.00. The second-order valence-electron chi connectivity index (χ2n) is 12.7. The lowest BCUT2D eigenvalue weighted by Gasteiger charge is -2.41. The molecule has 2 amide bonds. The summed E-state index contributed by atoms with van der Waals surface area (Å²) in [6.45, 7) is 3.51. The van der Waals surface area contributed by atoms with Crippen molar-refractivity contribution in [3.8, 4) is 0 Å². The molecule has 1 aliphatic carbocycles. The fraction of sp³-hybridized carbons (Fsp3) is 0.576. The number of rotatable bonds is 12. The highest BCUT2D eigenvalue weighted by Gasteiger charge is 2.33. The number of carbonyl (C=O) groups is 2. The highest BCUT2D eigenvalue weighted by molar-refractivity contribution is 7.88. The third kappa shape index (κ3) is 9.26. The van der Waals surface area contributed by atoms with Crippen molar-refractivity contribution in [1.29, 1.82) is 0 Å². The number of hydrogen-bond donors (Lipinski definition) is 3. The SMILES string of the molecule is CS(=O)(=O)NCC(CC1CCCCC1)N1CCN(C(=O)C(Cc2ccc(Cl)cc2)NC(=O)CC2NCc3ccccc32)CC1. The molecule has 2 aromatic carbocycles. The smallest absolute Gasteiger partial charge is 0.245 e. The van der Waals surface area contributed by atoms with Gasteiger partial charge in [0.15, 0.2) is 0 Å². The molecule has 1 saturated heterocycles. The van der Waals surface area contributed by atoms with Crippen molar-refractivity contribution in [1.82, 2.24) is 25.2 Å². The van der Waals surface area contributed by atoms with E-state index in [1.807, 2.05) is 29.2 Å². The molecule has 2 aromatic rings. The van der Waals surface area contributed by atoms with E-state index < -0.39 is 16.1 Å². The number of hydrogen-bond acceptors (Lipinski definition) is 6. The van der Waals surface area contributed by atoms with Gasteiger partial charge in [0.05, 0.1) is 6.26 Å². The number of nitrogens with one attached hydrogen (secondary N) is 3. The number of halogens is 1. The molecule has 1 saturated carbocycles. The van der Waals surface area contributed by atoms with Crippen molar-refractivity contribution >= 4 is 33.4 Å². The van der Waals surface area contributed by atoms with E-state index in [9.17, 15) is 18.0 Å². The van der Waals surface area contributed by atoms with Crippen molar-refractivity contribution in [2.75, 3.05) is 39.0 Å². The molecule has 0 aromatic heterocycles. The topological polar surface area (TPSA) is 111 Å². The number of carbonyl (C=O) groups excluding carboxylic acids is 2. The van der Waals surface area contributed by atoms with E-state index in [-0.39, 0.29) is 30.3 Å². The monoisotopic (exact) mass is 643 g/mol. The standard InChI is InChI=1S/C33H46ClN5O4S/c1-44(42,43)36-23-28(19-24-7-3-2-4-8-24)38-15-17-39(18-16-38)33(41)31(20-25-11-13-27(34)14-12-25)37-32(40)21-30-29-10-6-5-9-26(29)22-35-30/h5-6,9-14,24,28,30-31,35-36H,2-4,7-8,15-23H2,1H3,(H,37,40). The van der Waals surface area contributed by atoms with Crippen LogP contribution in [0.1, 0.15) is 67.7 Å². The van der Waals surface area contributed by atoms with E-state index in [1.54, 1.807) is 12.1 Å². The zero-order valence-corrected chi connectivity index (χ0v) is 27.2. The highest BCUT2D eigenvalue weighted by atomic mass is 35.5. The first-order valence-corrected chi connectivity index (χ1v) is 18.2. The van der Waals surface area contributed by atoms with Crippen LogP contribution in [0.4, 0.5) is 0 Å². The van der Waals surface area contributed by atoms with Crippen LogP contribution in [-0.4, -0.2) is 81.1 Å². The van der Waals surface area contributed by atoms with Crippen LogP contribution in [-0.2, 0) is 32.6 Å². The van der Waals surface area contributed by atoms with E-state index in [1.165, 1.54) is 43.9 Å². The molecule has 2 fully saturated rings. The summed E-state index contributed by atoms with van der Waals surface area (Å²) in [7, 11) is -3.30. The molecule has 3 N–H and O–H groups in total. The Labute approximate surface area is 267 Å². The maximum absolute atomic E-state index is 14.0. The minimum Gasteiger partial charge on any atom is -0.344 e. The predicted molar refractivity (Wildman–Crippen MR) is 174 cm³/mol. The van der Waals surface area contributed by atoms with Gasteiger partial charge in [-0.15, -0.1) is 0 Å². The summed E-state index contributed by atoms with van der Waals surface area (Å²) in [4.78, 5) is 31.5. The number of piperazine rings is 1. The molecule has 3 unspecified atom stereocenters. The van der Waals surface area contributed by atoms with Crippen molar-refractivity contribution in [2.45, 2.75) is 76.0 Å². The first kappa shape index (κ1) is 32.9. The van der Waals surface area contributed by atoms with E-state index in [0.29, 0.717) is 50.1 Å². The van der Waals surface area contributed by atoms with Crippen LogP contribution in [0.2, 0.25) is 5.02 Å². The Bertz CT molecular complexity index is 1370. The third-order valence-electron chi connectivity index (χ3n) is 9.40. The summed E-state index contributed by atoms with van der Waals surface area (Å²) in [6, 6.07) is 14.8. The summed E-state index contributed by atoms with van der Waals surface area (Å²) in [5, 5.41) is 7.11. The molecule has 9 nitrogen and oxygen atoms in total. The molecule has 2 heterocycles. The van der Waals surface area contributed by atoms with Crippen LogP contribution < -0.4 is 15.4 Å². The van der Waals surface area contributed by atoms with Crippen LogP contribution >= 0.6 is 11.6 Å². The van der Waals surface area contributed by atoms with Gasteiger partial charge >= 0.3 is 0 Å². The van der Waals surface area contributed by atoms with Gasteiger partial charge in [0.25, 0.3) is 0 Å². The number of fused-ring (bicyclic) bond motifs is 1. The third-order valence-corrected chi connectivity index (χ3v) is 10.3. The highest BCUT2D eigenvalue weighted by Crippen LogP contribution is 2.29. The normalized spacial score (nSPS) is 21.0. The minimum absolute atomic E-state index is 0.0809. The van der Waals surface area contributed by atoms with Gasteiger partial charge in [0, 0.05) is 69.2 Å². The van der Waals surface area contributed by atoms with Crippen LogP contribution in [0.25, 0.3) is 0 Å². The van der Waals surface area contributed by atoms with Gasteiger partial charge in [-0.1, -0.05) is 80.1 Å². The summed E-state index contributed by atoms with van der Waals surface area (Å²) >= 11 is 6.11. The lowest BCUT2D eigenvalue weighted by Crippen LogP contribution is -2.58. The molecule has 3 aliphatic rings. The first-order chi connectivity index (χ1) is 21.1. The maximum Gasteiger partial charge on any atom is 0.245 e. The Hall–Kier alpha value is -2.50. The van der Waals surface area contributed by atoms with Gasteiger partial charge in [-0.2, -0.15) is 0 Å². The average molecular weight is 644 g/mol. The zero-order valence-electron chi connectivity index (χ0n) is 25.6. The summed E-state index contributed by atoms with van der Waals surface area (Å²) in [5.41, 5.74) is 3.26. The van der Waals surface area contributed by atoms with Crippen LogP contribution in [0.3, 0.4) is 0 Å². The molecule has 0 bridgehead atoms. The number of amides is 2. The Morgan fingerprint density at radius 2 is 1.70 bits per heavy atom. The zero-order chi connectivity index (χ0) is 31.1. The van der Waals surface area contributed by atoms with Crippen LogP contribution in [0.15, 0.2) is 48.5 Å². The average Bonchev–Trinajstić information content (AvgIpc) is 3.42. The second-order valence-corrected chi connectivity index (χ2v) is 14.9. The van der Waals surface area contributed by atoms with Crippen LogP contribution in [0.5, 0.6) is 0 Å². The largest absolute Gasteiger partial charge is 0.344 e. The Morgan fingerprint density at radius 1 is 1.00 bits per heavy atom. The van der Waals surface area contributed by atoms with E-state index in [2.05, 4.69) is 32.4 Å². The van der Waals surface area contributed by atoms with Gasteiger partial charge in [0.2, 0.25) is 21.8 Å². The van der Waals surface area contributed by atoms with Crippen molar-refractivity contribution in [2.24, 2.45) is 5.92 Å². The molecule has 11 heteroatoms. The van der Waals surface area contributed by atoms with Crippen molar-refractivity contribution < 1.29 is 18.0 Å². The fourth-order valence-corrected chi connectivity index (χ4v) is 7.62. The first-order valence-electron chi connectivity index (χ1n) is 16.0. The maximum atomic E-state index is 14.0. The molecule has 44 heavy (non-hydrogen) atoms. The van der Waals surface area contributed by atoms with E-state index in [0.717, 1.165) is 24.1 Å². The van der Waals surface area contributed by atoms with Crippen molar-refractivity contribution in [3.63, 3.8) is 0 Å². The molecule has 5 rings (SSSR count). The number of sulfonamides is 1. The van der Waals surface area contributed by atoms with Gasteiger partial charge in [-0.05, 0) is 41.2 Å². The quantitative estimate of drug-likeness (QED) is 0.326. The van der Waals surface area contributed by atoms with Gasteiger partial charge in [-0.3, -0.25) is 14.5 Å². The summed E-state index contributed by atoms with van der Waals surface area (Å²) < 4.78 is 26.6. The molecule has 0 radical (unpaired) electrons. The van der Waals surface area contributed by atoms with Gasteiger partial charge in [-0.25, -0.2) is 13.1 Å². The molecular formula is C33H46ClN5O4S. The number of benzene rings is 2. The predicted octanol–water partition coefficient (Wildman–Crippen LogP) is 3.63. The Balaban J connectivity index is 1.23. The summed E-state index contributed by atoms with van der Waals surface area (Å²) in [6.07, 6.45) is 8.95. The Morgan fingerprint density at radius 3 is 2.41 bits per heavy atom. The number of nitrogens with zero attached hydrogens (tertiary/aromatic N) is 2. The van der Waals surface area contributed by atoms with Crippen molar-refractivity contribution in [3.05, 3.63) is 70.2 Å². The van der Waals surface area contributed by atoms with Gasteiger partial charge < -0.3 is 15.5 Å². The van der Waals surface area contributed by atoms with E-state index in [4.69, 9.17) is 11.6 Å². The summed E-state index contributed by atoms with van der Waals surface area (Å²) in [5.74, 6) is 0.352. The van der Waals surface area contributed by atoms with Crippen LogP contribution in [0, 0.1) is 5.92 Å². The van der Waals surface area contributed by atoms with E-state index >= 15 is 0 Å².